The molecule has 1 aromatic rings. The Hall–Kier alpha value is -2.08. The molecule has 0 bridgehead atoms. The summed E-state index contributed by atoms with van der Waals surface area (Å²) < 4.78 is 10.5. The molecule has 1 aliphatic rings. The molecule has 0 unspecified atom stereocenters. The highest BCUT2D eigenvalue weighted by atomic mass is 16.5. The summed E-state index contributed by atoms with van der Waals surface area (Å²) in [6.45, 7) is 1.63. The largest absolute Gasteiger partial charge is 0.490 e. The Kier molecular flexibility index (Phi) is 5.77. The van der Waals surface area contributed by atoms with Crippen LogP contribution in [0.2, 0.25) is 0 Å². The van der Waals surface area contributed by atoms with E-state index in [-0.39, 0.29) is 12.5 Å². The SMILES string of the molecule is COCCOc1ccccc1C(=O)N1CCC[C@H](C(=O)O)C1. The van der Waals surface area contributed by atoms with Gasteiger partial charge in [0.1, 0.15) is 12.4 Å². The highest BCUT2D eigenvalue weighted by molar-refractivity contribution is 5.97. The van der Waals surface area contributed by atoms with Crippen molar-refractivity contribution in [2.45, 2.75) is 12.8 Å². The third-order valence-corrected chi connectivity index (χ3v) is 3.72. The number of methoxy groups -OCH3 is 1. The van der Waals surface area contributed by atoms with Crippen LogP contribution in [0.4, 0.5) is 0 Å². The maximum Gasteiger partial charge on any atom is 0.308 e. The van der Waals surface area contributed by atoms with Crippen LogP contribution in [0.5, 0.6) is 5.75 Å². The van der Waals surface area contributed by atoms with Crippen molar-refractivity contribution < 1.29 is 24.2 Å². The third-order valence-electron chi connectivity index (χ3n) is 3.72. The Morgan fingerprint density at radius 1 is 1.32 bits per heavy atom. The van der Waals surface area contributed by atoms with Gasteiger partial charge in [-0.15, -0.1) is 0 Å². The van der Waals surface area contributed by atoms with Crippen molar-refractivity contribution in [2.75, 3.05) is 33.4 Å². The van der Waals surface area contributed by atoms with Crippen LogP contribution in [-0.2, 0) is 9.53 Å². The number of carboxylic acid groups (broad SMARTS) is 1. The monoisotopic (exact) mass is 307 g/mol. The van der Waals surface area contributed by atoms with Gasteiger partial charge in [-0.2, -0.15) is 0 Å². The van der Waals surface area contributed by atoms with Crippen molar-refractivity contribution in [3.8, 4) is 5.75 Å². The van der Waals surface area contributed by atoms with Gasteiger partial charge < -0.3 is 19.5 Å². The Morgan fingerprint density at radius 3 is 2.82 bits per heavy atom. The van der Waals surface area contributed by atoms with Crippen LogP contribution in [0.25, 0.3) is 0 Å². The Labute approximate surface area is 129 Å². The van der Waals surface area contributed by atoms with Gasteiger partial charge in [-0.05, 0) is 25.0 Å². The fraction of sp³-hybridized carbons (Fsp3) is 0.500. The van der Waals surface area contributed by atoms with Gasteiger partial charge >= 0.3 is 5.97 Å². The van der Waals surface area contributed by atoms with Crippen molar-refractivity contribution in [2.24, 2.45) is 5.92 Å². The van der Waals surface area contributed by atoms with Crippen molar-refractivity contribution in [1.29, 1.82) is 0 Å². The lowest BCUT2D eigenvalue weighted by molar-refractivity contribution is -0.143. The van der Waals surface area contributed by atoms with Gasteiger partial charge in [0.05, 0.1) is 18.1 Å². The summed E-state index contributed by atoms with van der Waals surface area (Å²) in [6, 6.07) is 7.01. The van der Waals surface area contributed by atoms with E-state index >= 15 is 0 Å². The second-order valence-corrected chi connectivity index (χ2v) is 5.27. The normalized spacial score (nSPS) is 18.0. The number of hydrogen-bond donors (Lipinski definition) is 1. The number of piperidine rings is 1. The number of likely N-dealkylation sites (tertiary alicyclic amines) is 1. The van der Waals surface area contributed by atoms with Crippen LogP contribution in [0, 0.1) is 5.92 Å². The molecule has 1 N–H and O–H groups in total. The zero-order valence-electron chi connectivity index (χ0n) is 12.7. The molecule has 6 nitrogen and oxygen atoms in total. The molecule has 2 rings (SSSR count). The van der Waals surface area contributed by atoms with Crippen LogP contribution in [0.15, 0.2) is 24.3 Å². The third kappa shape index (κ3) is 3.98. The summed E-state index contributed by atoms with van der Waals surface area (Å²) in [7, 11) is 1.58. The zero-order valence-corrected chi connectivity index (χ0v) is 12.7. The number of carbonyl (C=O) groups excluding carboxylic acids is 1. The van der Waals surface area contributed by atoms with Crippen LogP contribution >= 0.6 is 0 Å². The first-order valence-corrected chi connectivity index (χ1v) is 7.36. The predicted molar refractivity (Wildman–Crippen MR) is 80.1 cm³/mol. The minimum atomic E-state index is -0.845. The minimum Gasteiger partial charge on any atom is -0.490 e. The lowest BCUT2D eigenvalue weighted by Crippen LogP contribution is -2.42. The molecule has 1 aliphatic heterocycles. The van der Waals surface area contributed by atoms with E-state index in [0.717, 1.165) is 0 Å². The topological polar surface area (TPSA) is 76.1 Å². The minimum absolute atomic E-state index is 0.182. The lowest BCUT2D eigenvalue weighted by atomic mass is 9.97. The van der Waals surface area contributed by atoms with Gasteiger partial charge in [0.25, 0.3) is 5.91 Å². The first-order chi connectivity index (χ1) is 10.6. The van der Waals surface area contributed by atoms with Gasteiger partial charge in [0.2, 0.25) is 0 Å². The molecule has 1 fully saturated rings. The maximum atomic E-state index is 12.6. The smallest absolute Gasteiger partial charge is 0.308 e. The second kappa shape index (κ2) is 7.79. The quantitative estimate of drug-likeness (QED) is 0.809. The fourth-order valence-electron chi connectivity index (χ4n) is 2.54. The highest BCUT2D eigenvalue weighted by Gasteiger charge is 2.29. The Morgan fingerprint density at radius 2 is 2.09 bits per heavy atom. The summed E-state index contributed by atoms with van der Waals surface area (Å²) >= 11 is 0. The summed E-state index contributed by atoms with van der Waals surface area (Å²) in [5.74, 6) is -1.01. The first kappa shape index (κ1) is 16.3. The van der Waals surface area contributed by atoms with E-state index in [9.17, 15) is 9.59 Å². The zero-order chi connectivity index (χ0) is 15.9. The average molecular weight is 307 g/mol. The van der Waals surface area contributed by atoms with Crippen LogP contribution in [0.3, 0.4) is 0 Å². The average Bonchev–Trinajstić information content (AvgIpc) is 2.55. The number of para-hydroxylation sites is 1. The van der Waals surface area contributed by atoms with E-state index in [2.05, 4.69) is 0 Å². The molecule has 1 atom stereocenters. The summed E-state index contributed by atoms with van der Waals surface area (Å²) in [5, 5.41) is 9.13. The van der Waals surface area contributed by atoms with Crippen LogP contribution in [-0.4, -0.2) is 55.3 Å². The molecule has 1 aromatic carbocycles. The summed E-state index contributed by atoms with van der Waals surface area (Å²) in [5.41, 5.74) is 0.463. The van der Waals surface area contributed by atoms with E-state index in [1.54, 1.807) is 36.3 Å². The van der Waals surface area contributed by atoms with E-state index in [4.69, 9.17) is 14.6 Å². The molecule has 1 heterocycles. The maximum absolute atomic E-state index is 12.6. The standard InChI is InChI=1S/C16H21NO5/c1-21-9-10-22-14-7-3-2-6-13(14)15(18)17-8-4-5-12(11-17)16(19)20/h2-3,6-7,12H,4-5,8-11H2,1H3,(H,19,20)/t12-/m0/s1. The number of amides is 1. The molecule has 1 amide bonds. The fourth-order valence-corrected chi connectivity index (χ4v) is 2.54. The molecule has 0 spiro atoms. The van der Waals surface area contributed by atoms with E-state index in [1.807, 2.05) is 0 Å². The first-order valence-electron chi connectivity index (χ1n) is 7.36. The number of carboxylic acids is 1. The highest BCUT2D eigenvalue weighted by Crippen LogP contribution is 2.23. The van der Waals surface area contributed by atoms with E-state index in [0.29, 0.717) is 43.9 Å². The van der Waals surface area contributed by atoms with Crippen molar-refractivity contribution in [3.63, 3.8) is 0 Å². The Balaban J connectivity index is 2.10. The molecular formula is C16H21NO5. The molecule has 0 aliphatic carbocycles. The molecule has 120 valence electrons. The van der Waals surface area contributed by atoms with E-state index < -0.39 is 11.9 Å². The Bertz CT molecular complexity index is 531. The van der Waals surface area contributed by atoms with Crippen LogP contribution in [0.1, 0.15) is 23.2 Å². The van der Waals surface area contributed by atoms with Crippen molar-refractivity contribution in [3.05, 3.63) is 29.8 Å². The number of carbonyl (C=O) groups is 2. The van der Waals surface area contributed by atoms with Crippen LogP contribution < -0.4 is 4.74 Å². The molecule has 1 saturated heterocycles. The number of aliphatic carboxylic acids is 1. The molecule has 0 saturated carbocycles. The van der Waals surface area contributed by atoms with Gasteiger partial charge in [0.15, 0.2) is 0 Å². The summed E-state index contributed by atoms with van der Waals surface area (Å²) in [6.07, 6.45) is 1.32. The van der Waals surface area contributed by atoms with Gasteiger partial charge in [-0.25, -0.2) is 0 Å². The van der Waals surface area contributed by atoms with Gasteiger partial charge in [-0.3, -0.25) is 9.59 Å². The number of rotatable bonds is 6. The molecular weight excluding hydrogens is 286 g/mol. The van der Waals surface area contributed by atoms with Crippen molar-refractivity contribution in [1.82, 2.24) is 4.90 Å². The molecule has 6 heteroatoms. The van der Waals surface area contributed by atoms with Crippen molar-refractivity contribution >= 4 is 11.9 Å². The predicted octanol–water partition coefficient (Wildman–Crippen LogP) is 1.65. The number of ether oxygens (including phenoxy) is 2. The van der Waals surface area contributed by atoms with Gasteiger partial charge in [-0.1, -0.05) is 12.1 Å². The molecule has 0 aromatic heterocycles. The number of benzene rings is 1. The number of nitrogens with zero attached hydrogens (tertiary/aromatic N) is 1. The summed E-state index contributed by atoms with van der Waals surface area (Å²) in [4.78, 5) is 25.4. The lowest BCUT2D eigenvalue weighted by Gasteiger charge is -2.31. The van der Waals surface area contributed by atoms with Gasteiger partial charge in [0, 0.05) is 20.2 Å². The van der Waals surface area contributed by atoms with E-state index in [1.165, 1.54) is 0 Å². The molecule has 0 radical (unpaired) electrons. The second-order valence-electron chi connectivity index (χ2n) is 5.27. The molecule has 22 heavy (non-hydrogen) atoms. The number of hydrogen-bond acceptors (Lipinski definition) is 4.